The van der Waals surface area contributed by atoms with Crippen LogP contribution in [-0.2, 0) is 112 Å². The molecule has 16 N–H and O–H groups in total. The van der Waals surface area contributed by atoms with E-state index < -0.39 is 183 Å². The second kappa shape index (κ2) is 50.6. The van der Waals surface area contributed by atoms with Crippen molar-refractivity contribution in [2.24, 2.45) is 5.41 Å². The Balaban J connectivity index is 0.883. The fourth-order valence-electron chi connectivity index (χ4n) is 13.5. The molecule has 18 atom stereocenters. The maximum absolute atomic E-state index is 13.1. The first-order valence-corrected chi connectivity index (χ1v) is 43.4. The first-order chi connectivity index (χ1) is 54.2. The molecule has 662 valence electrons. The van der Waals surface area contributed by atoms with Crippen LogP contribution < -0.4 is 16.0 Å². The average molecular weight is 1710 g/mol. The summed E-state index contributed by atoms with van der Waals surface area (Å²) in [5.74, 6) is -2.00. The number of piperidine rings is 3. The number of unbranched alkanes of at least 4 members (excludes halogenated alkanes) is 3. The number of ether oxygens (including phenoxy) is 9. The third-order valence-electron chi connectivity index (χ3n) is 19.8. The van der Waals surface area contributed by atoms with Gasteiger partial charge in [-0.15, -0.1) is 0 Å². The fraction of sp³-hybridized carbons (Fsp3) is 0.912. The summed E-state index contributed by atoms with van der Waals surface area (Å²) < 4.78 is 123. The lowest BCUT2D eigenvalue weighted by atomic mass is 9.92. The molecule has 0 aromatic rings. The lowest BCUT2D eigenvalue weighted by molar-refractivity contribution is -0.270. The van der Waals surface area contributed by atoms with Gasteiger partial charge in [-0.2, -0.15) is 0 Å². The van der Waals surface area contributed by atoms with Crippen molar-refractivity contribution in [2.75, 3.05) is 145 Å². The minimum Gasteiger partial charge on any atom is -0.396 e. The molecular weight excluding hydrogens is 1590 g/mol. The van der Waals surface area contributed by atoms with Crippen molar-refractivity contribution in [3.05, 3.63) is 0 Å². The van der Waals surface area contributed by atoms with Gasteiger partial charge in [0.1, 0.15) is 73.1 Å². The van der Waals surface area contributed by atoms with Gasteiger partial charge in [-0.05, 0) is 96.3 Å². The summed E-state index contributed by atoms with van der Waals surface area (Å²) in [6.07, 6.45) is -13.4. The van der Waals surface area contributed by atoms with Crippen LogP contribution in [0.15, 0.2) is 0 Å². The molecule has 0 aromatic heterocycles. The Hall–Kier alpha value is -3.61. The smallest absolute Gasteiger partial charge is 0.396 e. The SMILES string of the molecule is CC(=O)NC1C(OCCCCC(=O)N2CCC(OP(=O)(O)OCCCOCC(CO)(COCCCOP(=O)(O)OC3CCN(C(=O)CCCCOC4OC(CO)C(O)C(O)C4NC(C)=O)CC3)COCCCOP(=O)(O)OC3CCN(C(=O)CCCCOC4OC(CO)C(O)C(O)C4NC(C)=O)CC3)CC2)OC(CO)C(O)C1O. The van der Waals surface area contributed by atoms with Crippen LogP contribution >= 0.6 is 23.5 Å². The molecule has 114 heavy (non-hydrogen) atoms. The lowest BCUT2D eigenvalue weighted by Crippen LogP contribution is -2.64. The highest BCUT2D eigenvalue weighted by Gasteiger charge is 2.49. The van der Waals surface area contributed by atoms with Gasteiger partial charge in [-0.1, -0.05) is 0 Å². The molecule has 6 saturated heterocycles. The van der Waals surface area contributed by atoms with Crippen molar-refractivity contribution in [3.8, 4) is 0 Å². The van der Waals surface area contributed by atoms with Crippen molar-refractivity contribution >= 4 is 58.9 Å². The summed E-state index contributed by atoms with van der Waals surface area (Å²) in [6, 6.07) is -3.31. The number of aliphatic hydroxyl groups is 10. The van der Waals surface area contributed by atoms with E-state index in [1.807, 2.05) is 0 Å². The van der Waals surface area contributed by atoms with Crippen LogP contribution in [-0.4, -0.2) is 371 Å². The second-order valence-corrected chi connectivity index (χ2v) is 33.3. The lowest BCUT2D eigenvalue weighted by Gasteiger charge is -2.42. The summed E-state index contributed by atoms with van der Waals surface area (Å²) in [5, 5.41) is 109. The number of amides is 6. The average Bonchev–Trinajstić information content (AvgIpc) is 0.812. The minimum atomic E-state index is -4.60. The van der Waals surface area contributed by atoms with Crippen LogP contribution in [0.3, 0.4) is 0 Å². The van der Waals surface area contributed by atoms with E-state index in [2.05, 4.69) is 16.0 Å². The molecule has 6 heterocycles. The number of rotatable bonds is 52. The topological polar surface area (TPSA) is 601 Å². The first-order valence-electron chi connectivity index (χ1n) is 38.9. The van der Waals surface area contributed by atoms with E-state index in [9.17, 15) is 108 Å². The van der Waals surface area contributed by atoms with Crippen molar-refractivity contribution in [1.29, 1.82) is 0 Å². The third-order valence-corrected chi connectivity index (χ3v) is 23.0. The molecule has 6 aliphatic heterocycles. The largest absolute Gasteiger partial charge is 0.472 e. The van der Waals surface area contributed by atoms with Crippen molar-refractivity contribution in [1.82, 2.24) is 30.7 Å². The Labute approximate surface area is 662 Å². The highest BCUT2D eigenvalue weighted by molar-refractivity contribution is 7.48. The fourth-order valence-corrected chi connectivity index (χ4v) is 16.5. The van der Waals surface area contributed by atoms with E-state index in [1.54, 1.807) is 14.7 Å². The predicted molar refractivity (Wildman–Crippen MR) is 391 cm³/mol. The zero-order valence-electron chi connectivity index (χ0n) is 65.0. The van der Waals surface area contributed by atoms with E-state index in [0.29, 0.717) is 38.5 Å². The highest BCUT2D eigenvalue weighted by atomic mass is 31.2. The van der Waals surface area contributed by atoms with Gasteiger partial charge >= 0.3 is 23.5 Å². The Bertz CT molecular complexity index is 2710. The number of aliphatic hydroxyl groups excluding tert-OH is 10. The van der Waals surface area contributed by atoms with E-state index in [4.69, 9.17) is 69.8 Å². The van der Waals surface area contributed by atoms with Crippen LogP contribution in [0.25, 0.3) is 0 Å². The maximum atomic E-state index is 13.1. The Morgan fingerprint density at radius 3 is 0.860 bits per heavy atom. The van der Waals surface area contributed by atoms with Gasteiger partial charge in [-0.25, -0.2) is 13.7 Å². The van der Waals surface area contributed by atoms with E-state index in [-0.39, 0.29) is 213 Å². The van der Waals surface area contributed by atoms with Crippen LogP contribution in [0.2, 0.25) is 0 Å². The summed E-state index contributed by atoms with van der Waals surface area (Å²) in [7, 11) is -13.8. The number of phosphoric ester groups is 3. The Morgan fingerprint density at radius 1 is 0.377 bits per heavy atom. The Morgan fingerprint density at radius 2 is 0.632 bits per heavy atom. The maximum Gasteiger partial charge on any atom is 0.472 e. The van der Waals surface area contributed by atoms with Crippen molar-refractivity contribution in [2.45, 2.75) is 247 Å². The summed E-state index contributed by atoms with van der Waals surface area (Å²) in [4.78, 5) is 111. The quantitative estimate of drug-likeness (QED) is 0.0212. The van der Waals surface area contributed by atoms with Gasteiger partial charge in [0.25, 0.3) is 0 Å². The monoisotopic (exact) mass is 1710 g/mol. The number of hydrogen-bond acceptors (Lipinski definition) is 34. The standard InChI is InChI=1S/C68H123N6O37P3/c1-44(79)69-56-62(88)59(85)50(37-75)106-65(56)100-31-7-4-13-53(82)72-22-16-47(17-23-72)109-112(91,92)103-34-10-28-97-41-68(40-78,42-98-29-11-35-104-113(93,94)110-48-18-24-73(25-19-48)54(83)14-5-8-32-101-66-57(70-45(2)80)63(89)60(86)51(38-76)107-66)43-99-30-12-36-105-114(95,96)111-49-20-26-74(27-21-49)55(84)15-6-9-33-102-67-58(71-46(3)81)64(90)61(87)52(39-77)108-67/h47-52,56-67,75-78,85-90H,4-43H2,1-3H3,(H,69,79)(H,70,80)(H,71,81)(H,91,92)(H,93,94)(H,95,96). The molecule has 0 spiro atoms. The minimum absolute atomic E-state index is 0.0550. The van der Waals surface area contributed by atoms with Crippen LogP contribution in [0.4, 0.5) is 0 Å². The Kier molecular flexibility index (Phi) is 44.0. The zero-order chi connectivity index (χ0) is 83.6. The second-order valence-electron chi connectivity index (χ2n) is 29.1. The number of hydrogen-bond donors (Lipinski definition) is 16. The summed E-state index contributed by atoms with van der Waals surface area (Å²) >= 11 is 0. The molecule has 46 heteroatoms. The molecule has 6 aliphatic rings. The van der Waals surface area contributed by atoms with E-state index in [1.165, 1.54) is 20.8 Å². The number of carbonyl (C=O) groups is 6. The molecule has 6 amide bonds. The van der Waals surface area contributed by atoms with Crippen LogP contribution in [0.1, 0.15) is 136 Å². The highest BCUT2D eigenvalue weighted by Crippen LogP contribution is 2.48. The predicted octanol–water partition coefficient (Wildman–Crippen LogP) is -3.05. The van der Waals surface area contributed by atoms with Gasteiger partial charge in [0.2, 0.25) is 35.4 Å². The number of nitrogens with one attached hydrogen (secondary N) is 3. The number of phosphoric acid groups is 3. The van der Waals surface area contributed by atoms with Gasteiger partial charge in [0.15, 0.2) is 18.9 Å². The van der Waals surface area contributed by atoms with E-state index >= 15 is 0 Å². The van der Waals surface area contributed by atoms with Gasteiger partial charge in [0, 0.05) is 119 Å². The van der Waals surface area contributed by atoms with Crippen LogP contribution in [0.5, 0.6) is 0 Å². The molecule has 0 radical (unpaired) electrons. The number of nitrogens with zero attached hydrogens (tertiary/aromatic N) is 3. The third kappa shape index (κ3) is 34.1. The normalized spacial score (nSPS) is 29.1. The molecular formula is C68H123N6O37P3. The molecule has 0 bridgehead atoms. The summed E-state index contributed by atoms with van der Waals surface area (Å²) in [5.41, 5.74) is -1.26. The summed E-state index contributed by atoms with van der Waals surface area (Å²) in [6.45, 7) is 1.32. The molecule has 6 rings (SSSR count). The number of likely N-dealkylation sites (tertiary alicyclic amines) is 3. The van der Waals surface area contributed by atoms with Gasteiger partial charge < -0.3 is 139 Å². The molecule has 18 unspecified atom stereocenters. The van der Waals surface area contributed by atoms with Gasteiger partial charge in [-0.3, -0.25) is 55.9 Å². The molecule has 0 saturated carbocycles. The molecule has 43 nitrogen and oxygen atoms in total. The van der Waals surface area contributed by atoms with Crippen molar-refractivity contribution < 1.29 is 178 Å². The zero-order valence-corrected chi connectivity index (χ0v) is 67.7. The van der Waals surface area contributed by atoms with Crippen molar-refractivity contribution in [3.63, 3.8) is 0 Å². The van der Waals surface area contributed by atoms with E-state index in [0.717, 1.165) is 0 Å². The molecule has 0 aliphatic carbocycles. The van der Waals surface area contributed by atoms with Crippen LogP contribution in [0, 0.1) is 5.41 Å². The molecule has 0 aromatic carbocycles. The number of carbonyl (C=O) groups excluding carboxylic acids is 6. The molecule has 6 fully saturated rings. The first kappa shape index (κ1) is 99.2. The van der Waals surface area contributed by atoms with Gasteiger partial charge in [0.05, 0.1) is 89.8 Å².